The molecular weight excluding hydrogens is 421 g/mol. The standard InChI is InChI=1S/C15H15F2IN2O3/c1-20-11(5-6-23-2)14(21)13(12(17)15(20)22)19-10-4-3-8(18)7-9(10)16/h3-4,7,11,19H,5-6H2,1-2H3. The van der Waals surface area contributed by atoms with Gasteiger partial charge in [0, 0.05) is 24.3 Å². The van der Waals surface area contributed by atoms with Crippen molar-refractivity contribution in [3.63, 3.8) is 0 Å². The van der Waals surface area contributed by atoms with E-state index < -0.39 is 35.1 Å². The van der Waals surface area contributed by atoms with Crippen molar-refractivity contribution in [3.8, 4) is 0 Å². The Balaban J connectivity index is 2.34. The topological polar surface area (TPSA) is 58.6 Å². The Morgan fingerprint density at radius 3 is 2.65 bits per heavy atom. The van der Waals surface area contributed by atoms with Crippen molar-refractivity contribution >= 4 is 40.0 Å². The first-order valence-corrected chi connectivity index (χ1v) is 7.86. The van der Waals surface area contributed by atoms with Crippen LogP contribution in [0.1, 0.15) is 6.42 Å². The number of benzene rings is 1. The highest BCUT2D eigenvalue weighted by Gasteiger charge is 2.39. The van der Waals surface area contributed by atoms with Crippen molar-refractivity contribution < 1.29 is 23.1 Å². The molecule has 1 aliphatic rings. The van der Waals surface area contributed by atoms with E-state index in [-0.39, 0.29) is 18.7 Å². The molecule has 1 aliphatic heterocycles. The number of nitrogens with one attached hydrogen (secondary N) is 1. The summed E-state index contributed by atoms with van der Waals surface area (Å²) in [5.74, 6) is -3.38. The summed E-state index contributed by atoms with van der Waals surface area (Å²) in [7, 11) is 2.81. The first-order valence-electron chi connectivity index (χ1n) is 6.79. The van der Waals surface area contributed by atoms with Gasteiger partial charge < -0.3 is 15.0 Å². The highest BCUT2D eigenvalue weighted by atomic mass is 127. The zero-order valence-corrected chi connectivity index (χ0v) is 14.7. The number of anilines is 1. The minimum atomic E-state index is -1.22. The van der Waals surface area contributed by atoms with Crippen LogP contribution in [-0.2, 0) is 14.3 Å². The lowest BCUT2D eigenvalue weighted by Crippen LogP contribution is -2.49. The fraction of sp³-hybridized carbons (Fsp3) is 0.333. The number of rotatable bonds is 5. The molecule has 0 radical (unpaired) electrons. The van der Waals surface area contributed by atoms with Crippen LogP contribution in [0.3, 0.4) is 0 Å². The number of amides is 1. The van der Waals surface area contributed by atoms with Crippen LogP contribution in [0, 0.1) is 9.39 Å². The molecule has 8 heteroatoms. The molecule has 0 aliphatic carbocycles. The highest BCUT2D eigenvalue weighted by molar-refractivity contribution is 14.1. The molecule has 0 aromatic heterocycles. The summed E-state index contributed by atoms with van der Waals surface area (Å²) >= 11 is 1.93. The van der Waals surface area contributed by atoms with Crippen LogP contribution >= 0.6 is 22.6 Å². The number of carbonyl (C=O) groups excluding carboxylic acids is 2. The second-order valence-electron chi connectivity index (χ2n) is 5.02. The minimum Gasteiger partial charge on any atom is -0.385 e. The van der Waals surface area contributed by atoms with Gasteiger partial charge in [-0.1, -0.05) is 0 Å². The van der Waals surface area contributed by atoms with Gasteiger partial charge in [0.05, 0.1) is 11.7 Å². The van der Waals surface area contributed by atoms with Crippen molar-refractivity contribution in [1.29, 1.82) is 0 Å². The van der Waals surface area contributed by atoms with E-state index in [1.165, 1.54) is 26.3 Å². The second-order valence-corrected chi connectivity index (χ2v) is 6.26. The van der Waals surface area contributed by atoms with Crippen molar-refractivity contribution in [3.05, 3.63) is 39.1 Å². The van der Waals surface area contributed by atoms with E-state index in [1.807, 2.05) is 22.6 Å². The SMILES string of the molecule is COCCC1C(=O)C(Nc2ccc(I)cc2F)=C(F)C(=O)N1C. The van der Waals surface area contributed by atoms with Gasteiger partial charge in [0.1, 0.15) is 11.5 Å². The smallest absolute Gasteiger partial charge is 0.285 e. The number of ether oxygens (including phenoxy) is 1. The summed E-state index contributed by atoms with van der Waals surface area (Å²) in [5.41, 5.74) is -0.582. The number of Topliss-reactive ketones (excluding diaryl/α,β-unsaturated/α-hetero) is 1. The summed E-state index contributed by atoms with van der Waals surface area (Å²) in [4.78, 5) is 25.4. The molecule has 1 heterocycles. The predicted octanol–water partition coefficient (Wildman–Crippen LogP) is 2.47. The lowest BCUT2D eigenvalue weighted by Gasteiger charge is -2.31. The van der Waals surface area contributed by atoms with E-state index in [0.29, 0.717) is 3.57 Å². The van der Waals surface area contributed by atoms with Crippen LogP contribution in [0.5, 0.6) is 0 Å². The van der Waals surface area contributed by atoms with Crippen LogP contribution in [0.4, 0.5) is 14.5 Å². The zero-order chi connectivity index (χ0) is 17.1. The number of carbonyl (C=O) groups is 2. The van der Waals surface area contributed by atoms with Crippen molar-refractivity contribution in [1.82, 2.24) is 4.90 Å². The molecule has 2 rings (SSSR count). The summed E-state index contributed by atoms with van der Waals surface area (Å²) in [6.45, 7) is 0.237. The second kappa shape index (κ2) is 7.35. The lowest BCUT2D eigenvalue weighted by molar-refractivity contribution is -0.137. The van der Waals surface area contributed by atoms with Crippen molar-refractivity contribution in [2.24, 2.45) is 0 Å². The maximum Gasteiger partial charge on any atom is 0.285 e. The fourth-order valence-corrected chi connectivity index (χ4v) is 2.70. The molecule has 0 bridgehead atoms. The maximum absolute atomic E-state index is 14.2. The molecule has 1 unspecified atom stereocenters. The molecule has 1 aromatic rings. The van der Waals surface area contributed by atoms with Crippen LogP contribution in [0.25, 0.3) is 0 Å². The lowest BCUT2D eigenvalue weighted by atomic mass is 9.99. The highest BCUT2D eigenvalue weighted by Crippen LogP contribution is 2.26. The molecule has 0 spiro atoms. The van der Waals surface area contributed by atoms with E-state index in [0.717, 1.165) is 4.90 Å². The average molecular weight is 436 g/mol. The van der Waals surface area contributed by atoms with E-state index in [2.05, 4.69) is 5.32 Å². The average Bonchev–Trinajstić information content (AvgIpc) is 2.51. The molecule has 1 amide bonds. The van der Waals surface area contributed by atoms with Gasteiger partial charge in [-0.2, -0.15) is 4.39 Å². The van der Waals surface area contributed by atoms with Gasteiger partial charge in [0.25, 0.3) is 5.91 Å². The molecular formula is C15H15F2IN2O3. The fourth-order valence-electron chi connectivity index (χ4n) is 2.25. The number of likely N-dealkylation sites (N-methyl/N-ethyl adjacent to an activating group) is 1. The predicted molar refractivity (Wildman–Crippen MR) is 88.9 cm³/mol. The van der Waals surface area contributed by atoms with Gasteiger partial charge in [0.2, 0.25) is 11.6 Å². The molecule has 1 aromatic carbocycles. The number of halogens is 3. The summed E-state index contributed by atoms with van der Waals surface area (Å²) in [5, 5.41) is 2.42. The normalized spacial score (nSPS) is 18.7. The first-order chi connectivity index (χ1) is 10.9. The molecule has 23 heavy (non-hydrogen) atoms. The quantitative estimate of drug-likeness (QED) is 0.721. The van der Waals surface area contributed by atoms with Crippen LogP contribution in [0.15, 0.2) is 29.7 Å². The van der Waals surface area contributed by atoms with E-state index in [4.69, 9.17) is 4.74 Å². The number of ketones is 1. The third-order valence-electron chi connectivity index (χ3n) is 3.53. The Kier molecular flexibility index (Phi) is 5.69. The Morgan fingerprint density at radius 2 is 2.04 bits per heavy atom. The first kappa shape index (κ1) is 17.8. The molecule has 0 fully saturated rings. The number of nitrogens with zero attached hydrogens (tertiary/aromatic N) is 1. The van der Waals surface area contributed by atoms with Crippen LogP contribution in [0.2, 0.25) is 0 Å². The molecule has 1 atom stereocenters. The van der Waals surface area contributed by atoms with Crippen LogP contribution < -0.4 is 5.32 Å². The van der Waals surface area contributed by atoms with Gasteiger partial charge in [-0.25, -0.2) is 4.39 Å². The number of hydrogen-bond donors (Lipinski definition) is 1. The summed E-state index contributed by atoms with van der Waals surface area (Å²) in [6, 6.07) is 3.38. The van der Waals surface area contributed by atoms with Gasteiger partial charge >= 0.3 is 0 Å². The maximum atomic E-state index is 14.2. The Morgan fingerprint density at radius 1 is 1.35 bits per heavy atom. The van der Waals surface area contributed by atoms with Gasteiger partial charge in [-0.05, 0) is 47.2 Å². The van der Waals surface area contributed by atoms with Crippen molar-refractivity contribution in [2.75, 3.05) is 26.1 Å². The number of methoxy groups -OCH3 is 1. The Labute approximate surface area is 145 Å². The van der Waals surface area contributed by atoms with Gasteiger partial charge in [-0.15, -0.1) is 0 Å². The third-order valence-corrected chi connectivity index (χ3v) is 4.20. The molecule has 0 saturated heterocycles. The van der Waals surface area contributed by atoms with E-state index >= 15 is 0 Å². The van der Waals surface area contributed by atoms with Crippen LogP contribution in [-0.4, -0.2) is 43.4 Å². The summed E-state index contributed by atoms with van der Waals surface area (Å²) < 4.78 is 33.6. The number of hydrogen-bond acceptors (Lipinski definition) is 4. The molecule has 0 saturated carbocycles. The molecule has 5 nitrogen and oxygen atoms in total. The van der Waals surface area contributed by atoms with E-state index in [9.17, 15) is 18.4 Å². The zero-order valence-electron chi connectivity index (χ0n) is 12.5. The summed E-state index contributed by atoms with van der Waals surface area (Å²) in [6.07, 6.45) is 0.227. The van der Waals surface area contributed by atoms with Gasteiger partial charge in [-0.3, -0.25) is 9.59 Å². The Bertz CT molecular complexity index is 679. The van der Waals surface area contributed by atoms with Crippen molar-refractivity contribution in [2.45, 2.75) is 12.5 Å². The largest absolute Gasteiger partial charge is 0.385 e. The monoisotopic (exact) mass is 436 g/mol. The molecule has 124 valence electrons. The van der Waals surface area contributed by atoms with Gasteiger partial charge in [0.15, 0.2) is 0 Å². The minimum absolute atomic E-state index is 0.0632. The Hall–Kier alpha value is -1.55. The third kappa shape index (κ3) is 3.69. The van der Waals surface area contributed by atoms with E-state index in [1.54, 1.807) is 6.07 Å². The molecule has 1 N–H and O–H groups in total.